The highest BCUT2D eigenvalue weighted by Gasteiger charge is 2.31. The first kappa shape index (κ1) is 72.0. The van der Waals surface area contributed by atoms with Crippen molar-refractivity contribution in [1.82, 2.24) is 24.9 Å². The SMILES string of the molecule is [2H]C([2H])(C)c1cc(-c2c(C)ccc3c2oc2nc(C(C)C)ccc23)[n+](C)cc1C([2H])([2H])C.[2H]C([2H])(C)c1cc(-c2c(C)ccc3c2oc2nc(C(C)C)ccc23)[n+](C)cc1C([2H])([2H])C.[2H]C([2H])(C)c1cc(-c2c(C)ccc3c2oc2nc(C([2H])(C)C)ccc23)[n+](C)cc1C([2H])([2H])C.[2H]C([2H])(C)c1cc(-c2c(C)ccc3c2oc2nc(CC)ccc23)[n+](C)cc1C([2H])([2H])C.[2H]C([2H])(C)c1ccc2c(n1)oc1c(-c3cc(C([2H])([2H])C)c(C([2H])([2H])C)c[n+]3C)c(C)ccc12. The van der Waals surface area contributed by atoms with Crippen LogP contribution in [0.3, 0.4) is 0 Å². The molecule has 0 saturated carbocycles. The molecule has 0 aliphatic rings. The highest BCUT2D eigenvalue weighted by Crippen LogP contribution is 2.45. The van der Waals surface area contributed by atoms with Crippen molar-refractivity contribution in [3.05, 3.63) is 295 Å². The maximum Gasteiger partial charge on any atom is 0.227 e. The van der Waals surface area contributed by atoms with Crippen molar-refractivity contribution in [3.63, 3.8) is 0 Å². The number of aromatic nitrogens is 10. The van der Waals surface area contributed by atoms with Gasteiger partial charge in [0, 0.05) is 172 Å². The van der Waals surface area contributed by atoms with E-state index in [0.717, 1.165) is 156 Å². The molecule has 5 aromatic carbocycles. The third-order valence-corrected chi connectivity index (χ3v) is 26.3. The Kier molecular flexibility index (Phi) is 21.4. The Bertz CT molecular complexity index is 8810. The minimum absolute atomic E-state index is 0.286. The van der Waals surface area contributed by atoms with Gasteiger partial charge < -0.3 is 22.1 Å². The van der Waals surface area contributed by atoms with Crippen LogP contribution in [0.5, 0.6) is 0 Å². The van der Waals surface area contributed by atoms with Gasteiger partial charge in [0.25, 0.3) is 0 Å². The molecule has 15 heteroatoms. The molecule has 15 heterocycles. The standard InChI is InChI=1S/3C25H29N2O.2C24H27N2O/c3*1-7-17-13-22(27(6)14-18(17)8-2)23-16(5)9-10-19-20-11-12-21(15(3)4)26-25(20)28-24(19)23;2*1-6-16-13-21(26(5)14-17(16)7-2)22-15(4)9-11-19-20-12-10-18(8-3)25-24(20)27-23(19)22/h3*9-15H,7-8H2,1-6H3;2*9-14H,6-8H2,1-5H3/q5*+1/i7D2,8D2,15D;2*7D2,8D2;6D2,7D2,8D2;6D2,7D2. The summed E-state index contributed by atoms with van der Waals surface area (Å²) in [6.45, 7) is 39.9. The highest BCUT2D eigenvalue weighted by molar-refractivity contribution is 6.13. The Morgan fingerprint density at radius 3 is 0.667 bits per heavy atom. The molecule has 0 aliphatic heterocycles. The van der Waals surface area contributed by atoms with Crippen LogP contribution in [0.25, 0.3) is 167 Å². The van der Waals surface area contributed by atoms with Crippen molar-refractivity contribution in [2.75, 3.05) is 0 Å². The Labute approximate surface area is 847 Å². The van der Waals surface area contributed by atoms with Crippen LogP contribution in [-0.2, 0) is 112 Å². The first-order valence-corrected chi connectivity index (χ1v) is 47.1. The van der Waals surface area contributed by atoms with Crippen molar-refractivity contribution in [3.8, 4) is 56.3 Å². The summed E-state index contributed by atoms with van der Waals surface area (Å²) in [6.07, 6.45) is -9.38. The number of aryl methyl sites for hydroxylation is 22. The van der Waals surface area contributed by atoms with Crippen molar-refractivity contribution >= 4 is 110 Å². The largest absolute Gasteiger partial charge is 0.437 e. The van der Waals surface area contributed by atoms with Crippen LogP contribution in [-0.4, -0.2) is 24.9 Å². The fourth-order valence-corrected chi connectivity index (χ4v) is 18.5. The van der Waals surface area contributed by atoms with E-state index in [4.69, 9.17) is 63.6 Å². The fourth-order valence-electron chi connectivity index (χ4n) is 18.5. The van der Waals surface area contributed by atoms with E-state index in [1.165, 1.54) is 76.2 Å². The molecular formula is C123H141N10O5+5. The molecule has 0 fully saturated rings. The lowest BCUT2D eigenvalue weighted by Gasteiger charge is -2.10. The molecule has 20 rings (SSSR count). The minimum atomic E-state index is -1.75. The van der Waals surface area contributed by atoms with E-state index in [1.54, 1.807) is 85.8 Å². The predicted molar refractivity (Wildman–Crippen MR) is 569 cm³/mol. The average Bonchev–Trinajstić information content (AvgIpc) is 1.02. The number of fused-ring (bicyclic) bond motifs is 15. The van der Waals surface area contributed by atoms with E-state index >= 15 is 0 Å². The maximum atomic E-state index is 8.35. The summed E-state index contributed by atoms with van der Waals surface area (Å²) in [5.74, 6) is -0.273. The molecule has 0 bridgehead atoms. The third kappa shape index (κ3) is 18.6. The van der Waals surface area contributed by atoms with Gasteiger partial charge in [-0.25, -0.2) is 47.8 Å². The second-order valence-electron chi connectivity index (χ2n) is 36.0. The maximum absolute atomic E-state index is 8.35. The topological polar surface area (TPSA) is 150 Å². The smallest absolute Gasteiger partial charge is 0.227 e. The van der Waals surface area contributed by atoms with Gasteiger partial charge in [0.15, 0.2) is 58.9 Å². The molecule has 15 nitrogen and oxygen atoms in total. The molecular weight excluding hydrogens is 1700 g/mol. The molecule has 0 atom stereocenters. The molecule has 0 amide bonds. The van der Waals surface area contributed by atoms with Crippen molar-refractivity contribution < 1.29 is 76.4 Å². The number of rotatable bonds is 20. The number of benzene rings is 5. The van der Waals surface area contributed by atoms with Crippen molar-refractivity contribution in [2.24, 2.45) is 35.2 Å². The number of furan rings is 5. The summed E-state index contributed by atoms with van der Waals surface area (Å²) >= 11 is 0. The number of pyridine rings is 10. The first-order valence-electron chi connectivity index (χ1n) is 58.6. The van der Waals surface area contributed by atoms with Gasteiger partial charge in [0.1, 0.15) is 35.2 Å². The molecule has 708 valence electrons. The van der Waals surface area contributed by atoms with Gasteiger partial charge >= 0.3 is 0 Å². The Hall–Kier alpha value is -13.4. The van der Waals surface area contributed by atoms with Gasteiger partial charge in [-0.05, 0) is 245 Å². The van der Waals surface area contributed by atoms with Crippen LogP contribution >= 0.6 is 0 Å². The first-order chi connectivity index (χ1) is 74.2. The normalized spacial score (nSPS) is 15.4. The highest BCUT2D eigenvalue weighted by atomic mass is 16.4. The van der Waals surface area contributed by atoms with E-state index in [-0.39, 0.29) is 23.1 Å². The zero-order chi connectivity index (χ0) is 119. The van der Waals surface area contributed by atoms with Gasteiger partial charge in [-0.3, -0.25) is 0 Å². The lowest BCUT2D eigenvalue weighted by atomic mass is 9.97. The minimum Gasteiger partial charge on any atom is -0.437 e. The Balaban J connectivity index is 0.000000141. The predicted octanol–water partition coefficient (Wildman–Crippen LogP) is 29.0. The van der Waals surface area contributed by atoms with Crippen LogP contribution in [0, 0.1) is 34.6 Å². The third-order valence-electron chi connectivity index (χ3n) is 26.3. The van der Waals surface area contributed by atoms with Crippen molar-refractivity contribution in [2.45, 2.75) is 253 Å². The molecule has 15 aromatic heterocycles. The van der Waals surface area contributed by atoms with Gasteiger partial charge in [-0.1, -0.05) is 185 Å². The van der Waals surface area contributed by atoms with E-state index in [1.807, 2.05) is 203 Å². The summed E-state index contributed by atoms with van der Waals surface area (Å²) in [6, 6.07) is 48.3. The van der Waals surface area contributed by atoms with Crippen LogP contribution < -0.4 is 22.8 Å². The van der Waals surface area contributed by atoms with Crippen LogP contribution in [0.2, 0.25) is 0 Å². The molecule has 0 unspecified atom stereocenters. The molecule has 0 spiro atoms. The van der Waals surface area contributed by atoms with Gasteiger partial charge in [0.2, 0.25) is 57.0 Å². The lowest BCUT2D eigenvalue weighted by molar-refractivity contribution is -0.661. The van der Waals surface area contributed by atoms with Gasteiger partial charge in [0.05, 0.1) is 27.8 Å². The number of nitrogens with zero attached hydrogens (tertiary/aromatic N) is 10. The van der Waals surface area contributed by atoms with Crippen molar-refractivity contribution in [1.29, 1.82) is 0 Å². The summed E-state index contributed by atoms with van der Waals surface area (Å²) in [5, 5.41) is 9.07. The summed E-state index contributed by atoms with van der Waals surface area (Å²) in [5.41, 5.74) is 25.7. The van der Waals surface area contributed by atoms with E-state index < -0.39 is 76.0 Å². The van der Waals surface area contributed by atoms with Crippen LogP contribution in [0.4, 0.5) is 0 Å². The quantitative estimate of drug-likeness (QED) is 0.0675. The average molecular weight is 1860 g/mol. The molecule has 0 radical (unpaired) electrons. The summed E-state index contributed by atoms with van der Waals surface area (Å²) in [7, 11) is 9.21. The van der Waals surface area contributed by atoms with Gasteiger partial charge in [-0.15, -0.1) is 0 Å². The van der Waals surface area contributed by atoms with Crippen LogP contribution in [0.15, 0.2) is 205 Å². The zero-order valence-corrected chi connectivity index (χ0v) is 84.7. The monoisotopic (exact) mass is 1860 g/mol. The fraction of sp³-hybridized carbons (Fsp3) is 0.350. The van der Waals surface area contributed by atoms with E-state index in [2.05, 4.69) is 49.6 Å². The lowest BCUT2D eigenvalue weighted by Crippen LogP contribution is -2.32. The Morgan fingerprint density at radius 1 is 0.246 bits per heavy atom. The molecule has 0 aliphatic carbocycles. The van der Waals surface area contributed by atoms with Crippen LogP contribution in [0.1, 0.15) is 286 Å². The second kappa shape index (κ2) is 41.1. The van der Waals surface area contributed by atoms with Gasteiger partial charge in [-0.2, -0.15) is 0 Å². The zero-order valence-electron chi connectivity index (χ0n) is 108. The molecule has 0 saturated heterocycles. The second-order valence-corrected chi connectivity index (χ2v) is 36.0. The molecule has 20 aromatic rings. The van der Waals surface area contributed by atoms with E-state index in [0.29, 0.717) is 118 Å². The number of hydrogen-bond acceptors (Lipinski definition) is 10. The summed E-state index contributed by atoms with van der Waals surface area (Å²) in [4.78, 5) is 23.1. The molecule has 138 heavy (non-hydrogen) atoms. The number of hydrogen-bond donors (Lipinski definition) is 0. The molecule has 0 N–H and O–H groups in total. The van der Waals surface area contributed by atoms with E-state index in [9.17, 15) is 0 Å². The Morgan fingerprint density at radius 2 is 0.449 bits per heavy atom. The summed E-state index contributed by atoms with van der Waals surface area (Å²) < 4.78 is 230.